The van der Waals surface area contributed by atoms with Gasteiger partial charge in [0.05, 0.1) is 6.61 Å². The molecule has 0 aromatic carbocycles. The number of rotatable bonds is 5. The molecule has 0 aromatic heterocycles. The summed E-state index contributed by atoms with van der Waals surface area (Å²) in [7, 11) is 0. The number of alkyl halides is 3. The standard InChI is InChI=1S/C14H21F3N2O3/c1-9(20)19-6-11(4-5-12(19)14(15,16)17)18-13(21)8-22-7-10-2-3-10/h10-12H,2-8H2,1H3,(H,18,21). The van der Waals surface area contributed by atoms with Gasteiger partial charge in [-0.25, -0.2) is 0 Å². The van der Waals surface area contributed by atoms with Crippen LogP contribution >= 0.6 is 0 Å². The lowest BCUT2D eigenvalue weighted by Gasteiger charge is -2.40. The van der Waals surface area contributed by atoms with E-state index in [4.69, 9.17) is 4.74 Å². The molecule has 1 N–H and O–H groups in total. The number of halogens is 3. The number of likely N-dealkylation sites (tertiary alicyclic amines) is 1. The number of ether oxygens (including phenoxy) is 1. The van der Waals surface area contributed by atoms with Crippen molar-refractivity contribution >= 4 is 11.8 Å². The summed E-state index contributed by atoms with van der Waals surface area (Å²) in [5.74, 6) is -0.436. The topological polar surface area (TPSA) is 58.6 Å². The van der Waals surface area contributed by atoms with Gasteiger partial charge in [-0.1, -0.05) is 0 Å². The Balaban J connectivity index is 1.80. The van der Waals surface area contributed by atoms with Gasteiger partial charge >= 0.3 is 6.18 Å². The number of hydrogen-bond acceptors (Lipinski definition) is 3. The monoisotopic (exact) mass is 322 g/mol. The van der Waals surface area contributed by atoms with E-state index in [2.05, 4.69) is 5.32 Å². The average Bonchev–Trinajstić information content (AvgIpc) is 3.21. The second-order valence-electron chi connectivity index (χ2n) is 6.03. The molecule has 1 saturated carbocycles. The first-order valence-electron chi connectivity index (χ1n) is 7.48. The minimum absolute atomic E-state index is 0.0875. The largest absolute Gasteiger partial charge is 0.408 e. The molecule has 2 aliphatic rings. The highest BCUT2D eigenvalue weighted by Gasteiger charge is 2.47. The smallest absolute Gasteiger partial charge is 0.371 e. The minimum Gasteiger partial charge on any atom is -0.371 e. The van der Waals surface area contributed by atoms with E-state index in [1.165, 1.54) is 0 Å². The summed E-state index contributed by atoms with van der Waals surface area (Å²) in [6.45, 7) is 1.46. The fourth-order valence-corrected chi connectivity index (χ4v) is 2.65. The molecule has 5 nitrogen and oxygen atoms in total. The minimum atomic E-state index is -4.44. The van der Waals surface area contributed by atoms with Gasteiger partial charge in [0, 0.05) is 19.5 Å². The first-order chi connectivity index (χ1) is 10.3. The van der Waals surface area contributed by atoms with Crippen LogP contribution in [0.25, 0.3) is 0 Å². The van der Waals surface area contributed by atoms with Crippen LogP contribution in [-0.4, -0.2) is 54.7 Å². The highest BCUT2D eigenvalue weighted by Crippen LogP contribution is 2.32. The van der Waals surface area contributed by atoms with Crippen LogP contribution in [0.4, 0.5) is 13.2 Å². The lowest BCUT2D eigenvalue weighted by atomic mass is 9.97. The Hall–Kier alpha value is -1.31. The zero-order chi connectivity index (χ0) is 16.3. The molecule has 2 rings (SSSR count). The number of amides is 2. The first-order valence-corrected chi connectivity index (χ1v) is 7.48. The van der Waals surface area contributed by atoms with E-state index < -0.39 is 24.2 Å². The molecule has 0 radical (unpaired) electrons. The van der Waals surface area contributed by atoms with Gasteiger partial charge in [-0.05, 0) is 31.6 Å². The van der Waals surface area contributed by atoms with Crippen LogP contribution in [0.1, 0.15) is 32.6 Å². The van der Waals surface area contributed by atoms with Crippen LogP contribution < -0.4 is 5.32 Å². The second kappa shape index (κ2) is 6.85. The molecule has 126 valence electrons. The molecule has 2 unspecified atom stereocenters. The summed E-state index contributed by atoms with van der Waals surface area (Å²) in [4.78, 5) is 23.9. The van der Waals surface area contributed by atoms with Crippen molar-refractivity contribution in [1.29, 1.82) is 0 Å². The van der Waals surface area contributed by atoms with E-state index in [1.807, 2.05) is 0 Å². The van der Waals surface area contributed by atoms with E-state index >= 15 is 0 Å². The normalized spacial score (nSPS) is 25.9. The molecule has 2 fully saturated rings. The molecule has 0 spiro atoms. The van der Waals surface area contributed by atoms with Crippen molar-refractivity contribution in [2.24, 2.45) is 5.92 Å². The molecule has 1 aliphatic heterocycles. The SMILES string of the molecule is CC(=O)N1CC(NC(=O)COCC2CC2)CCC1C(F)(F)F. The van der Waals surface area contributed by atoms with Crippen molar-refractivity contribution in [2.75, 3.05) is 19.8 Å². The van der Waals surface area contributed by atoms with Crippen molar-refractivity contribution in [1.82, 2.24) is 10.2 Å². The van der Waals surface area contributed by atoms with Crippen LogP contribution in [0.15, 0.2) is 0 Å². The summed E-state index contributed by atoms with van der Waals surface area (Å²) < 4.78 is 43.9. The summed E-state index contributed by atoms with van der Waals surface area (Å²) in [6, 6.07) is -2.22. The van der Waals surface area contributed by atoms with E-state index in [0.29, 0.717) is 12.5 Å². The average molecular weight is 322 g/mol. The summed E-state index contributed by atoms with van der Waals surface area (Å²) in [5.41, 5.74) is 0. The molecule has 2 atom stereocenters. The summed E-state index contributed by atoms with van der Waals surface area (Å²) >= 11 is 0. The fraction of sp³-hybridized carbons (Fsp3) is 0.857. The number of nitrogens with zero attached hydrogens (tertiary/aromatic N) is 1. The predicted octanol–water partition coefficient (Wildman–Crippen LogP) is 1.47. The van der Waals surface area contributed by atoms with Crippen molar-refractivity contribution in [3.05, 3.63) is 0 Å². The number of hydrogen-bond donors (Lipinski definition) is 1. The highest BCUT2D eigenvalue weighted by molar-refractivity contribution is 5.78. The van der Waals surface area contributed by atoms with Crippen LogP contribution in [-0.2, 0) is 14.3 Å². The van der Waals surface area contributed by atoms with Gasteiger partial charge < -0.3 is 15.0 Å². The third-order valence-electron chi connectivity index (χ3n) is 4.01. The Kier molecular flexibility index (Phi) is 5.31. The van der Waals surface area contributed by atoms with Crippen LogP contribution in [0.3, 0.4) is 0 Å². The van der Waals surface area contributed by atoms with Gasteiger partial charge in [-0.15, -0.1) is 0 Å². The molecule has 0 aromatic rings. The van der Waals surface area contributed by atoms with Crippen molar-refractivity contribution in [3.63, 3.8) is 0 Å². The van der Waals surface area contributed by atoms with Crippen molar-refractivity contribution in [3.8, 4) is 0 Å². The quantitative estimate of drug-likeness (QED) is 0.834. The van der Waals surface area contributed by atoms with Gasteiger partial charge in [0.25, 0.3) is 0 Å². The van der Waals surface area contributed by atoms with Crippen molar-refractivity contribution < 1.29 is 27.5 Å². The van der Waals surface area contributed by atoms with Gasteiger partial charge in [0.15, 0.2) is 0 Å². The van der Waals surface area contributed by atoms with Crippen LogP contribution in [0.2, 0.25) is 0 Å². The Morgan fingerprint density at radius 1 is 1.23 bits per heavy atom. The third kappa shape index (κ3) is 4.86. The van der Waals surface area contributed by atoms with E-state index in [0.717, 1.165) is 24.7 Å². The summed E-state index contributed by atoms with van der Waals surface area (Å²) in [6.07, 6.45) is -2.19. The molecule has 22 heavy (non-hydrogen) atoms. The number of carbonyl (C=O) groups excluding carboxylic acids is 2. The Morgan fingerprint density at radius 3 is 2.45 bits per heavy atom. The molecule has 8 heteroatoms. The van der Waals surface area contributed by atoms with Crippen molar-refractivity contribution in [2.45, 2.75) is 50.9 Å². The molecule has 2 amide bonds. The summed E-state index contributed by atoms with van der Waals surface area (Å²) in [5, 5.41) is 2.64. The lowest BCUT2D eigenvalue weighted by Crippen LogP contribution is -2.58. The van der Waals surface area contributed by atoms with Gasteiger partial charge in [-0.2, -0.15) is 13.2 Å². The Bertz CT molecular complexity index is 424. The van der Waals surface area contributed by atoms with E-state index in [1.54, 1.807) is 0 Å². The highest BCUT2D eigenvalue weighted by atomic mass is 19.4. The molecule has 1 aliphatic carbocycles. The molecular formula is C14H21F3N2O3. The Labute approximate surface area is 127 Å². The second-order valence-corrected chi connectivity index (χ2v) is 6.03. The zero-order valence-electron chi connectivity index (χ0n) is 12.5. The molecule has 1 saturated heterocycles. The number of nitrogens with one attached hydrogen (secondary N) is 1. The predicted molar refractivity (Wildman–Crippen MR) is 71.9 cm³/mol. The lowest BCUT2D eigenvalue weighted by molar-refractivity contribution is -0.196. The molecule has 0 bridgehead atoms. The maximum absolute atomic E-state index is 12.9. The van der Waals surface area contributed by atoms with E-state index in [-0.39, 0.29) is 31.9 Å². The van der Waals surface area contributed by atoms with Crippen LogP contribution in [0, 0.1) is 5.92 Å². The van der Waals surface area contributed by atoms with E-state index in [9.17, 15) is 22.8 Å². The number of carbonyl (C=O) groups is 2. The van der Waals surface area contributed by atoms with Gasteiger partial charge in [0.1, 0.15) is 12.6 Å². The van der Waals surface area contributed by atoms with Crippen LogP contribution in [0.5, 0.6) is 0 Å². The zero-order valence-corrected chi connectivity index (χ0v) is 12.5. The molecule has 1 heterocycles. The van der Waals surface area contributed by atoms with Gasteiger partial charge in [-0.3, -0.25) is 9.59 Å². The molecular weight excluding hydrogens is 301 g/mol. The number of piperidine rings is 1. The maximum atomic E-state index is 12.9. The maximum Gasteiger partial charge on any atom is 0.408 e. The first kappa shape index (κ1) is 17.1. The third-order valence-corrected chi connectivity index (χ3v) is 4.01. The fourth-order valence-electron chi connectivity index (χ4n) is 2.65. The Morgan fingerprint density at radius 2 is 1.91 bits per heavy atom. The van der Waals surface area contributed by atoms with Gasteiger partial charge in [0.2, 0.25) is 11.8 Å².